The highest BCUT2D eigenvalue weighted by atomic mass is 16.6. The Bertz CT molecular complexity index is 718. The van der Waals surface area contributed by atoms with Gasteiger partial charge in [-0.2, -0.15) is 0 Å². The molecule has 1 aromatic heterocycles. The minimum absolute atomic E-state index is 0.00224. The second-order valence-electron chi connectivity index (χ2n) is 5.44. The van der Waals surface area contributed by atoms with Crippen LogP contribution in [0.15, 0.2) is 15.8 Å². The third kappa shape index (κ3) is 3.74. The fourth-order valence-corrected chi connectivity index (χ4v) is 2.94. The Balaban J connectivity index is 0.00000109. The Kier molecular flexibility index (Phi) is 5.95. The summed E-state index contributed by atoms with van der Waals surface area (Å²) in [6.07, 6.45) is -4.03. The Labute approximate surface area is 142 Å². The van der Waals surface area contributed by atoms with Crippen molar-refractivity contribution < 1.29 is 24.5 Å². The van der Waals surface area contributed by atoms with Crippen LogP contribution in [0.1, 0.15) is 25.5 Å². The van der Waals surface area contributed by atoms with Gasteiger partial charge in [-0.25, -0.2) is 9.59 Å². The molecule has 1 aromatic rings. The molecule has 140 valence electrons. The Hall–Kier alpha value is -2.21. The van der Waals surface area contributed by atoms with E-state index in [0.29, 0.717) is 0 Å². The minimum Gasteiger partial charge on any atom is -0.388 e. The predicted octanol–water partition coefficient (Wildman–Crippen LogP) is -2.31. The molecule has 0 aromatic carbocycles. The molecule has 2 fully saturated rings. The SMILES string of the molecule is CC.NC(=O)NC1C(O)COC2C(O)C(c3c[nH]c(=O)[nH]c3=O)OC12. The molecule has 0 spiro atoms. The van der Waals surface area contributed by atoms with Gasteiger partial charge in [0.2, 0.25) is 0 Å². The van der Waals surface area contributed by atoms with E-state index >= 15 is 0 Å². The van der Waals surface area contributed by atoms with Crippen molar-refractivity contribution in [1.29, 1.82) is 0 Å². The molecule has 0 bridgehead atoms. The van der Waals surface area contributed by atoms with Gasteiger partial charge < -0.3 is 35.7 Å². The van der Waals surface area contributed by atoms with Crippen molar-refractivity contribution in [2.45, 2.75) is 50.4 Å². The first kappa shape index (κ1) is 19.1. The number of ether oxygens (including phenoxy) is 2. The zero-order chi connectivity index (χ0) is 18.7. The molecule has 11 heteroatoms. The van der Waals surface area contributed by atoms with Crippen LogP contribution in [0.4, 0.5) is 4.79 Å². The first-order valence-corrected chi connectivity index (χ1v) is 7.89. The van der Waals surface area contributed by atoms with Crippen molar-refractivity contribution in [1.82, 2.24) is 15.3 Å². The van der Waals surface area contributed by atoms with E-state index in [0.717, 1.165) is 6.20 Å². The number of hydrogen-bond donors (Lipinski definition) is 6. The quantitative estimate of drug-likeness (QED) is 0.343. The van der Waals surface area contributed by atoms with Crippen LogP contribution in [0, 0.1) is 0 Å². The maximum Gasteiger partial charge on any atom is 0.325 e. The van der Waals surface area contributed by atoms with Gasteiger partial charge in [-0.15, -0.1) is 0 Å². The number of carbonyl (C=O) groups is 1. The molecule has 3 rings (SSSR count). The molecule has 3 heterocycles. The number of hydrogen-bond acceptors (Lipinski definition) is 7. The summed E-state index contributed by atoms with van der Waals surface area (Å²) in [6.45, 7) is 3.86. The second-order valence-corrected chi connectivity index (χ2v) is 5.44. The lowest BCUT2D eigenvalue weighted by Gasteiger charge is -2.36. The Morgan fingerprint density at radius 3 is 2.60 bits per heavy atom. The largest absolute Gasteiger partial charge is 0.388 e. The molecule has 2 aliphatic rings. The van der Waals surface area contributed by atoms with Crippen LogP contribution in [0.25, 0.3) is 0 Å². The van der Waals surface area contributed by atoms with Gasteiger partial charge in [0.25, 0.3) is 5.56 Å². The number of aliphatic hydroxyl groups is 2. The topological polar surface area (TPSA) is 180 Å². The number of urea groups is 1. The standard InChI is InChI=1S/C12H16N4O7.C2H6/c13-11(20)15-5-4(17)2-22-9-6(18)7(23-8(5)9)3-1-14-12(21)16-10(3)19;1-2/h1,4-9,17-18H,2H2,(H3,13,15,20)(H2,14,16,19,21);1-2H3. The number of primary amides is 1. The lowest BCUT2D eigenvalue weighted by Crippen LogP contribution is -2.61. The van der Waals surface area contributed by atoms with Crippen LogP contribution in [0.5, 0.6) is 0 Å². The monoisotopic (exact) mass is 358 g/mol. The maximum atomic E-state index is 11.9. The van der Waals surface area contributed by atoms with Crippen molar-refractivity contribution in [3.8, 4) is 0 Å². The van der Waals surface area contributed by atoms with Crippen molar-refractivity contribution in [3.63, 3.8) is 0 Å². The Morgan fingerprint density at radius 1 is 1.32 bits per heavy atom. The van der Waals surface area contributed by atoms with Crippen molar-refractivity contribution in [2.24, 2.45) is 5.73 Å². The summed E-state index contributed by atoms with van der Waals surface area (Å²) in [7, 11) is 0. The molecule has 6 atom stereocenters. The van der Waals surface area contributed by atoms with E-state index in [1.807, 2.05) is 18.8 Å². The number of nitrogens with one attached hydrogen (secondary N) is 3. The fraction of sp³-hybridized carbons (Fsp3) is 0.643. The van der Waals surface area contributed by atoms with Crippen molar-refractivity contribution >= 4 is 6.03 Å². The summed E-state index contributed by atoms with van der Waals surface area (Å²) in [5, 5.41) is 22.6. The molecule has 0 saturated carbocycles. The van der Waals surface area contributed by atoms with Gasteiger partial charge in [0.1, 0.15) is 30.5 Å². The third-order valence-electron chi connectivity index (χ3n) is 3.97. The van der Waals surface area contributed by atoms with E-state index < -0.39 is 53.8 Å². The summed E-state index contributed by atoms with van der Waals surface area (Å²) in [5.74, 6) is 0. The first-order valence-electron chi connectivity index (χ1n) is 7.89. The van der Waals surface area contributed by atoms with Gasteiger partial charge in [0, 0.05) is 6.20 Å². The number of aromatic nitrogens is 2. The van der Waals surface area contributed by atoms with Crippen LogP contribution in [0.3, 0.4) is 0 Å². The van der Waals surface area contributed by atoms with Crippen LogP contribution < -0.4 is 22.3 Å². The van der Waals surface area contributed by atoms with Crippen molar-refractivity contribution in [2.75, 3.05) is 6.61 Å². The number of H-pyrrole nitrogens is 2. The van der Waals surface area contributed by atoms with Crippen LogP contribution in [-0.2, 0) is 9.47 Å². The molecule has 25 heavy (non-hydrogen) atoms. The third-order valence-corrected chi connectivity index (χ3v) is 3.97. The summed E-state index contributed by atoms with van der Waals surface area (Å²) in [5.41, 5.74) is 3.67. The minimum atomic E-state index is -1.23. The molecular weight excluding hydrogens is 336 g/mol. The summed E-state index contributed by atoms with van der Waals surface area (Å²) >= 11 is 0. The average Bonchev–Trinajstić information content (AvgIpc) is 2.89. The number of rotatable bonds is 2. The smallest absolute Gasteiger partial charge is 0.325 e. The van der Waals surface area contributed by atoms with Gasteiger partial charge in [0.15, 0.2) is 0 Å². The highest BCUT2D eigenvalue weighted by Gasteiger charge is 2.53. The second kappa shape index (κ2) is 7.78. The van der Waals surface area contributed by atoms with E-state index in [9.17, 15) is 24.6 Å². The molecule has 7 N–H and O–H groups in total. The van der Waals surface area contributed by atoms with Crippen molar-refractivity contribution in [3.05, 3.63) is 32.6 Å². The Morgan fingerprint density at radius 2 is 2.00 bits per heavy atom. The number of amides is 2. The van der Waals surface area contributed by atoms with Crippen LogP contribution >= 0.6 is 0 Å². The summed E-state index contributed by atoms with van der Waals surface area (Å²) in [6, 6.07) is -1.76. The molecule has 0 aliphatic carbocycles. The van der Waals surface area contributed by atoms with Gasteiger partial charge in [-0.05, 0) is 0 Å². The zero-order valence-corrected chi connectivity index (χ0v) is 13.8. The number of aromatic amines is 2. The molecule has 2 amide bonds. The fourth-order valence-electron chi connectivity index (χ4n) is 2.94. The average molecular weight is 358 g/mol. The van der Waals surface area contributed by atoms with E-state index in [4.69, 9.17) is 15.2 Å². The molecule has 6 unspecified atom stereocenters. The van der Waals surface area contributed by atoms with Gasteiger partial charge in [-0.3, -0.25) is 9.78 Å². The van der Waals surface area contributed by atoms with E-state index in [2.05, 4.69) is 10.3 Å². The number of fused-ring (bicyclic) bond motifs is 1. The van der Waals surface area contributed by atoms with Gasteiger partial charge in [0.05, 0.1) is 18.2 Å². The zero-order valence-electron chi connectivity index (χ0n) is 13.8. The highest BCUT2D eigenvalue weighted by Crippen LogP contribution is 2.37. The number of nitrogens with two attached hydrogens (primary N) is 1. The number of carbonyl (C=O) groups excluding carboxylic acids is 1. The van der Waals surface area contributed by atoms with E-state index in [1.54, 1.807) is 0 Å². The normalized spacial score (nSPS) is 33.8. The molecule has 11 nitrogen and oxygen atoms in total. The highest BCUT2D eigenvalue weighted by molar-refractivity contribution is 5.72. The van der Waals surface area contributed by atoms with Crippen LogP contribution in [-0.4, -0.2) is 63.3 Å². The first-order chi connectivity index (χ1) is 11.9. The lowest BCUT2D eigenvalue weighted by molar-refractivity contribution is -0.134. The van der Waals surface area contributed by atoms with E-state index in [-0.39, 0.29) is 12.2 Å². The lowest BCUT2D eigenvalue weighted by atomic mass is 9.94. The van der Waals surface area contributed by atoms with Gasteiger partial charge in [-0.1, -0.05) is 13.8 Å². The predicted molar refractivity (Wildman–Crippen MR) is 84.9 cm³/mol. The molecular formula is C14H22N4O7. The van der Waals surface area contributed by atoms with E-state index in [1.165, 1.54) is 0 Å². The maximum absolute atomic E-state index is 11.9. The summed E-state index contributed by atoms with van der Waals surface area (Å²) in [4.78, 5) is 38.3. The molecule has 0 radical (unpaired) electrons. The van der Waals surface area contributed by atoms with Gasteiger partial charge >= 0.3 is 11.7 Å². The summed E-state index contributed by atoms with van der Waals surface area (Å²) < 4.78 is 11.0. The number of aliphatic hydroxyl groups excluding tert-OH is 2. The molecule has 2 saturated heterocycles. The van der Waals surface area contributed by atoms with Crippen LogP contribution in [0.2, 0.25) is 0 Å². The molecule has 2 aliphatic heterocycles.